The number of carboxylic acid groups (broad SMARTS) is 1. The van der Waals surface area contributed by atoms with E-state index in [0.29, 0.717) is 25.3 Å². The average Bonchev–Trinajstić information content (AvgIpc) is 2.92. The highest BCUT2D eigenvalue weighted by molar-refractivity contribution is 7.87. The highest BCUT2D eigenvalue weighted by atomic mass is 32.2. The van der Waals surface area contributed by atoms with Gasteiger partial charge in [0, 0.05) is 19.1 Å². The van der Waals surface area contributed by atoms with Gasteiger partial charge in [-0.2, -0.15) is 17.4 Å². The maximum absolute atomic E-state index is 12.3. The van der Waals surface area contributed by atoms with Crippen LogP contribution in [0.3, 0.4) is 0 Å². The molecule has 2 N–H and O–H groups in total. The van der Waals surface area contributed by atoms with E-state index in [-0.39, 0.29) is 12.6 Å². The molecule has 0 aromatic carbocycles. The van der Waals surface area contributed by atoms with Crippen molar-refractivity contribution >= 4 is 16.2 Å². The van der Waals surface area contributed by atoms with Crippen LogP contribution in [0.1, 0.15) is 45.4 Å². The number of carbonyl (C=O) groups is 1. The highest BCUT2D eigenvalue weighted by Crippen LogP contribution is 2.28. The summed E-state index contributed by atoms with van der Waals surface area (Å²) < 4.78 is 28.7. The van der Waals surface area contributed by atoms with E-state index in [9.17, 15) is 13.2 Å². The molecule has 1 aliphatic heterocycles. The average molecular weight is 304 g/mol. The van der Waals surface area contributed by atoms with Gasteiger partial charge in [-0.1, -0.05) is 12.8 Å². The Morgan fingerprint density at radius 2 is 1.90 bits per heavy atom. The lowest BCUT2D eigenvalue weighted by atomic mass is 10.0. The van der Waals surface area contributed by atoms with Gasteiger partial charge < -0.3 is 5.11 Å². The number of hydrogen-bond donors (Lipinski definition) is 2. The Morgan fingerprint density at radius 1 is 1.25 bits per heavy atom. The molecule has 0 radical (unpaired) electrons. The molecular weight excluding hydrogens is 280 g/mol. The third-order valence-corrected chi connectivity index (χ3v) is 6.20. The molecule has 1 aliphatic carbocycles. The number of nitrogens with one attached hydrogen (secondary N) is 1. The first-order valence-corrected chi connectivity index (χ1v) is 8.84. The van der Waals surface area contributed by atoms with Crippen LogP contribution in [-0.4, -0.2) is 42.9 Å². The molecular formula is C13H24N2O4S. The Hall–Kier alpha value is -0.660. The summed E-state index contributed by atoms with van der Waals surface area (Å²) in [5.74, 6) is -1.08. The van der Waals surface area contributed by atoms with Crippen LogP contribution in [0.25, 0.3) is 0 Å². The minimum Gasteiger partial charge on any atom is -0.481 e. The zero-order chi connectivity index (χ0) is 14.8. The monoisotopic (exact) mass is 304 g/mol. The fourth-order valence-electron chi connectivity index (χ4n) is 3.23. The summed E-state index contributed by atoms with van der Waals surface area (Å²) in [5.41, 5.74) is 0. The first-order chi connectivity index (χ1) is 9.40. The molecule has 6 nitrogen and oxygen atoms in total. The fourth-order valence-corrected chi connectivity index (χ4v) is 4.78. The SMILES string of the molecule is C[C@@H](NS(=O)(=O)N1CCCC(C(=O)O)C1)C1CCCC1. The quantitative estimate of drug-likeness (QED) is 0.799. The number of nitrogens with zero attached hydrogens (tertiary/aromatic N) is 1. The first kappa shape index (κ1) is 15.7. The smallest absolute Gasteiger partial charge is 0.307 e. The van der Waals surface area contributed by atoms with E-state index in [0.717, 1.165) is 12.8 Å². The first-order valence-electron chi connectivity index (χ1n) is 7.40. The second kappa shape index (κ2) is 6.41. The normalized spacial score (nSPS) is 27.6. The third kappa shape index (κ3) is 3.71. The van der Waals surface area contributed by atoms with Crippen molar-refractivity contribution in [3.63, 3.8) is 0 Å². The van der Waals surface area contributed by atoms with Gasteiger partial charge in [0.1, 0.15) is 0 Å². The molecule has 20 heavy (non-hydrogen) atoms. The molecule has 2 fully saturated rings. The van der Waals surface area contributed by atoms with Gasteiger partial charge in [-0.3, -0.25) is 4.79 Å². The number of rotatable bonds is 5. The van der Waals surface area contributed by atoms with Gasteiger partial charge in [-0.05, 0) is 38.5 Å². The zero-order valence-corrected chi connectivity index (χ0v) is 12.7. The van der Waals surface area contributed by atoms with E-state index in [2.05, 4.69) is 4.72 Å². The standard InChI is InChI=1S/C13H24N2O4S/c1-10(11-5-2-3-6-11)14-20(18,19)15-8-4-7-12(9-15)13(16)17/h10-12,14H,2-9H2,1H3,(H,16,17)/t10-,12?/m1/s1. The van der Waals surface area contributed by atoms with Crippen molar-refractivity contribution in [3.8, 4) is 0 Å². The molecule has 1 saturated heterocycles. The topological polar surface area (TPSA) is 86.7 Å². The maximum Gasteiger partial charge on any atom is 0.307 e. The molecule has 1 saturated carbocycles. The Bertz CT molecular complexity index is 445. The van der Waals surface area contributed by atoms with Crippen molar-refractivity contribution in [2.24, 2.45) is 11.8 Å². The van der Waals surface area contributed by atoms with E-state index in [1.165, 1.54) is 17.1 Å². The van der Waals surface area contributed by atoms with Crippen LogP contribution in [-0.2, 0) is 15.0 Å². The van der Waals surface area contributed by atoms with E-state index in [1.54, 1.807) is 0 Å². The summed E-state index contributed by atoms with van der Waals surface area (Å²) in [4.78, 5) is 11.0. The summed E-state index contributed by atoms with van der Waals surface area (Å²) in [7, 11) is -3.57. The van der Waals surface area contributed by atoms with Gasteiger partial charge in [0.2, 0.25) is 0 Å². The second-order valence-corrected chi connectivity index (χ2v) is 7.69. The molecule has 1 heterocycles. The molecule has 0 aromatic heterocycles. The molecule has 0 spiro atoms. The molecule has 1 unspecified atom stereocenters. The van der Waals surface area contributed by atoms with Gasteiger partial charge in [0.05, 0.1) is 5.92 Å². The van der Waals surface area contributed by atoms with Crippen molar-refractivity contribution in [1.82, 2.24) is 9.03 Å². The van der Waals surface area contributed by atoms with Crippen LogP contribution >= 0.6 is 0 Å². The van der Waals surface area contributed by atoms with E-state index in [1.807, 2.05) is 6.92 Å². The van der Waals surface area contributed by atoms with Gasteiger partial charge >= 0.3 is 5.97 Å². The lowest BCUT2D eigenvalue weighted by Crippen LogP contribution is -2.50. The van der Waals surface area contributed by atoms with Crippen molar-refractivity contribution in [2.75, 3.05) is 13.1 Å². The molecule has 116 valence electrons. The van der Waals surface area contributed by atoms with Crippen molar-refractivity contribution in [3.05, 3.63) is 0 Å². The molecule has 0 amide bonds. The van der Waals surface area contributed by atoms with Crippen LogP contribution in [0.5, 0.6) is 0 Å². The minimum atomic E-state index is -3.57. The Balaban J connectivity index is 1.96. The summed E-state index contributed by atoms with van der Waals surface area (Å²) in [6.45, 7) is 2.41. The molecule has 2 rings (SSSR count). The van der Waals surface area contributed by atoms with Crippen molar-refractivity contribution < 1.29 is 18.3 Å². The molecule has 0 aromatic rings. The van der Waals surface area contributed by atoms with E-state index in [4.69, 9.17) is 5.11 Å². The number of carboxylic acids is 1. The second-order valence-electron chi connectivity index (χ2n) is 5.99. The van der Waals surface area contributed by atoms with Crippen LogP contribution < -0.4 is 4.72 Å². The fraction of sp³-hybridized carbons (Fsp3) is 0.923. The molecule has 2 atom stereocenters. The summed E-state index contributed by atoms with van der Waals surface area (Å²) in [6, 6.07) is -0.0762. The summed E-state index contributed by atoms with van der Waals surface area (Å²) in [5, 5.41) is 9.03. The van der Waals surface area contributed by atoms with Crippen molar-refractivity contribution in [2.45, 2.75) is 51.5 Å². The lowest BCUT2D eigenvalue weighted by molar-refractivity contribution is -0.142. The number of aliphatic carboxylic acids is 1. The third-order valence-electron chi connectivity index (χ3n) is 4.52. The summed E-state index contributed by atoms with van der Waals surface area (Å²) in [6.07, 6.45) is 5.64. The van der Waals surface area contributed by atoms with Gasteiger partial charge in [0.25, 0.3) is 10.2 Å². The molecule has 2 aliphatic rings. The number of hydrogen-bond acceptors (Lipinski definition) is 3. The minimum absolute atomic E-state index is 0.0762. The maximum atomic E-state index is 12.3. The lowest BCUT2D eigenvalue weighted by Gasteiger charge is -2.31. The Kier molecular flexibility index (Phi) is 5.04. The molecule has 7 heteroatoms. The Labute approximate surface area is 120 Å². The van der Waals surface area contributed by atoms with Crippen LogP contribution in [0.15, 0.2) is 0 Å². The van der Waals surface area contributed by atoms with Gasteiger partial charge in [-0.15, -0.1) is 0 Å². The van der Waals surface area contributed by atoms with Crippen LogP contribution in [0, 0.1) is 11.8 Å². The van der Waals surface area contributed by atoms with Crippen molar-refractivity contribution in [1.29, 1.82) is 0 Å². The predicted molar refractivity (Wildman–Crippen MR) is 75.4 cm³/mol. The Morgan fingerprint density at radius 3 is 2.50 bits per heavy atom. The van der Waals surface area contributed by atoms with Crippen LogP contribution in [0.4, 0.5) is 0 Å². The van der Waals surface area contributed by atoms with E-state index < -0.39 is 22.1 Å². The highest BCUT2D eigenvalue weighted by Gasteiger charge is 2.34. The zero-order valence-electron chi connectivity index (χ0n) is 11.9. The van der Waals surface area contributed by atoms with Gasteiger partial charge in [0.15, 0.2) is 0 Å². The molecule has 0 bridgehead atoms. The summed E-state index contributed by atoms with van der Waals surface area (Å²) >= 11 is 0. The van der Waals surface area contributed by atoms with E-state index >= 15 is 0 Å². The van der Waals surface area contributed by atoms with Crippen LogP contribution in [0.2, 0.25) is 0 Å². The largest absolute Gasteiger partial charge is 0.481 e. The van der Waals surface area contributed by atoms with Gasteiger partial charge in [-0.25, -0.2) is 0 Å². The predicted octanol–water partition coefficient (Wildman–Crippen LogP) is 1.20. The number of piperidine rings is 1.